The SMILES string of the molecule is CC(=O)Oc1cccc(CO)c1CO. The summed E-state index contributed by atoms with van der Waals surface area (Å²) in [6, 6.07) is 4.90. The molecule has 0 saturated carbocycles. The summed E-state index contributed by atoms with van der Waals surface area (Å²) in [6.45, 7) is 0.830. The minimum atomic E-state index is -0.449. The molecule has 0 aliphatic rings. The lowest BCUT2D eigenvalue weighted by atomic mass is 10.1. The third kappa shape index (κ3) is 2.31. The second kappa shape index (κ2) is 4.74. The van der Waals surface area contributed by atoms with E-state index in [0.29, 0.717) is 16.9 Å². The Labute approximate surface area is 81.8 Å². The Balaban J connectivity index is 3.08. The number of ether oxygens (including phenoxy) is 1. The van der Waals surface area contributed by atoms with Crippen LogP contribution < -0.4 is 4.74 Å². The van der Waals surface area contributed by atoms with Crippen molar-refractivity contribution in [3.63, 3.8) is 0 Å². The first-order valence-corrected chi connectivity index (χ1v) is 4.20. The molecule has 0 fully saturated rings. The van der Waals surface area contributed by atoms with Gasteiger partial charge in [-0.2, -0.15) is 0 Å². The number of hydrogen-bond donors (Lipinski definition) is 2. The van der Waals surface area contributed by atoms with Crippen LogP contribution in [-0.2, 0) is 18.0 Å². The molecule has 0 heterocycles. The van der Waals surface area contributed by atoms with E-state index in [1.807, 2.05) is 0 Å². The number of benzene rings is 1. The summed E-state index contributed by atoms with van der Waals surface area (Å²) in [5, 5.41) is 18.0. The Morgan fingerprint density at radius 1 is 1.36 bits per heavy atom. The van der Waals surface area contributed by atoms with Gasteiger partial charge in [0.15, 0.2) is 0 Å². The van der Waals surface area contributed by atoms with Crippen molar-refractivity contribution in [3.05, 3.63) is 29.3 Å². The van der Waals surface area contributed by atoms with Gasteiger partial charge in [-0.3, -0.25) is 4.79 Å². The number of aliphatic hydroxyl groups excluding tert-OH is 2. The van der Waals surface area contributed by atoms with Crippen LogP contribution in [0.4, 0.5) is 0 Å². The zero-order valence-corrected chi connectivity index (χ0v) is 7.86. The monoisotopic (exact) mass is 196 g/mol. The highest BCUT2D eigenvalue weighted by Gasteiger charge is 2.09. The molecule has 4 heteroatoms. The molecule has 1 aromatic carbocycles. The highest BCUT2D eigenvalue weighted by Crippen LogP contribution is 2.22. The van der Waals surface area contributed by atoms with E-state index in [-0.39, 0.29) is 13.2 Å². The van der Waals surface area contributed by atoms with E-state index in [1.165, 1.54) is 6.92 Å². The van der Waals surface area contributed by atoms with Crippen LogP contribution in [0.1, 0.15) is 18.1 Å². The van der Waals surface area contributed by atoms with E-state index in [1.54, 1.807) is 18.2 Å². The van der Waals surface area contributed by atoms with E-state index in [2.05, 4.69) is 0 Å². The zero-order valence-electron chi connectivity index (χ0n) is 7.86. The lowest BCUT2D eigenvalue weighted by Gasteiger charge is -2.10. The second-order valence-electron chi connectivity index (χ2n) is 2.80. The Hall–Kier alpha value is -1.39. The molecule has 1 aromatic rings. The molecule has 0 bridgehead atoms. The van der Waals surface area contributed by atoms with Gasteiger partial charge in [0.2, 0.25) is 0 Å². The first-order valence-electron chi connectivity index (χ1n) is 4.20. The normalized spacial score (nSPS) is 9.93. The quantitative estimate of drug-likeness (QED) is 0.548. The maximum Gasteiger partial charge on any atom is 0.308 e. The summed E-state index contributed by atoms with van der Waals surface area (Å²) >= 11 is 0. The molecule has 0 aromatic heterocycles. The summed E-state index contributed by atoms with van der Waals surface area (Å²) in [5.74, 6) is -0.152. The average Bonchev–Trinajstić information content (AvgIpc) is 2.16. The van der Waals surface area contributed by atoms with Crippen LogP contribution in [0.3, 0.4) is 0 Å². The highest BCUT2D eigenvalue weighted by molar-refractivity contribution is 5.70. The number of hydrogen-bond acceptors (Lipinski definition) is 4. The van der Waals surface area contributed by atoms with Crippen LogP contribution in [0.15, 0.2) is 18.2 Å². The molecule has 0 saturated heterocycles. The topological polar surface area (TPSA) is 66.8 Å². The standard InChI is InChI=1S/C10H12O4/c1-7(13)14-10-4-2-3-8(5-11)9(10)6-12/h2-4,11-12H,5-6H2,1H3. The summed E-state index contributed by atoms with van der Waals surface area (Å²) in [5.41, 5.74) is 1.01. The maximum atomic E-state index is 10.7. The summed E-state index contributed by atoms with van der Waals surface area (Å²) < 4.78 is 4.87. The molecule has 76 valence electrons. The molecule has 0 spiro atoms. The van der Waals surface area contributed by atoms with Gasteiger partial charge in [-0.1, -0.05) is 12.1 Å². The Morgan fingerprint density at radius 2 is 2.07 bits per heavy atom. The minimum Gasteiger partial charge on any atom is -0.426 e. The van der Waals surface area contributed by atoms with Crippen molar-refractivity contribution in [2.75, 3.05) is 0 Å². The Kier molecular flexibility index (Phi) is 3.62. The number of rotatable bonds is 3. The Bertz CT molecular complexity index is 333. The predicted octanol–water partition coefficient (Wildman–Crippen LogP) is 0.597. The van der Waals surface area contributed by atoms with E-state index in [4.69, 9.17) is 14.9 Å². The van der Waals surface area contributed by atoms with Crippen molar-refractivity contribution in [1.29, 1.82) is 0 Å². The molecule has 0 amide bonds. The largest absolute Gasteiger partial charge is 0.426 e. The van der Waals surface area contributed by atoms with Crippen molar-refractivity contribution in [2.45, 2.75) is 20.1 Å². The van der Waals surface area contributed by atoms with E-state index in [9.17, 15) is 4.79 Å². The van der Waals surface area contributed by atoms with Gasteiger partial charge in [-0.05, 0) is 11.6 Å². The molecular weight excluding hydrogens is 184 g/mol. The molecule has 0 aliphatic heterocycles. The van der Waals surface area contributed by atoms with E-state index in [0.717, 1.165) is 0 Å². The van der Waals surface area contributed by atoms with Crippen molar-refractivity contribution in [1.82, 2.24) is 0 Å². The van der Waals surface area contributed by atoms with Gasteiger partial charge in [-0.25, -0.2) is 0 Å². The van der Waals surface area contributed by atoms with Crippen LogP contribution in [0.25, 0.3) is 0 Å². The van der Waals surface area contributed by atoms with Gasteiger partial charge in [0, 0.05) is 12.5 Å². The van der Waals surface area contributed by atoms with Gasteiger partial charge in [0.1, 0.15) is 5.75 Å². The van der Waals surface area contributed by atoms with Crippen LogP contribution in [0, 0.1) is 0 Å². The first-order chi connectivity index (χ1) is 6.69. The summed E-state index contributed by atoms with van der Waals surface area (Å²) in [7, 11) is 0. The molecule has 2 N–H and O–H groups in total. The van der Waals surface area contributed by atoms with Gasteiger partial charge in [0.25, 0.3) is 0 Å². The zero-order chi connectivity index (χ0) is 10.6. The number of esters is 1. The van der Waals surface area contributed by atoms with Gasteiger partial charge in [0.05, 0.1) is 13.2 Å². The van der Waals surface area contributed by atoms with Gasteiger partial charge < -0.3 is 14.9 Å². The molecular formula is C10H12O4. The summed E-state index contributed by atoms with van der Waals surface area (Å²) in [6.07, 6.45) is 0. The van der Waals surface area contributed by atoms with Crippen molar-refractivity contribution in [2.24, 2.45) is 0 Å². The third-order valence-corrected chi connectivity index (χ3v) is 1.81. The number of carbonyl (C=O) groups is 1. The molecule has 0 atom stereocenters. The fourth-order valence-corrected chi connectivity index (χ4v) is 1.19. The molecule has 0 unspecified atom stereocenters. The van der Waals surface area contributed by atoms with Crippen LogP contribution in [0.5, 0.6) is 5.75 Å². The average molecular weight is 196 g/mol. The van der Waals surface area contributed by atoms with Crippen LogP contribution >= 0.6 is 0 Å². The highest BCUT2D eigenvalue weighted by atomic mass is 16.5. The predicted molar refractivity (Wildman–Crippen MR) is 49.6 cm³/mol. The molecule has 1 rings (SSSR count). The van der Waals surface area contributed by atoms with Crippen molar-refractivity contribution >= 4 is 5.97 Å². The van der Waals surface area contributed by atoms with Gasteiger partial charge >= 0.3 is 5.97 Å². The number of carbonyl (C=O) groups excluding carboxylic acids is 1. The minimum absolute atomic E-state index is 0.189. The molecule has 0 aliphatic carbocycles. The Morgan fingerprint density at radius 3 is 2.57 bits per heavy atom. The first kappa shape index (κ1) is 10.7. The smallest absolute Gasteiger partial charge is 0.308 e. The van der Waals surface area contributed by atoms with E-state index < -0.39 is 5.97 Å². The number of aliphatic hydroxyl groups is 2. The van der Waals surface area contributed by atoms with Crippen molar-refractivity contribution < 1.29 is 19.7 Å². The van der Waals surface area contributed by atoms with E-state index >= 15 is 0 Å². The summed E-state index contributed by atoms with van der Waals surface area (Å²) in [4.78, 5) is 10.7. The lowest BCUT2D eigenvalue weighted by Crippen LogP contribution is -2.06. The van der Waals surface area contributed by atoms with Crippen molar-refractivity contribution in [3.8, 4) is 5.75 Å². The molecule has 0 radical (unpaired) electrons. The lowest BCUT2D eigenvalue weighted by molar-refractivity contribution is -0.131. The molecule has 4 nitrogen and oxygen atoms in total. The maximum absolute atomic E-state index is 10.7. The van der Waals surface area contributed by atoms with Crippen LogP contribution in [0.2, 0.25) is 0 Å². The van der Waals surface area contributed by atoms with Crippen LogP contribution in [-0.4, -0.2) is 16.2 Å². The fraction of sp³-hybridized carbons (Fsp3) is 0.300. The van der Waals surface area contributed by atoms with Gasteiger partial charge in [-0.15, -0.1) is 0 Å². The molecule has 14 heavy (non-hydrogen) atoms. The third-order valence-electron chi connectivity index (χ3n) is 1.81. The fourth-order valence-electron chi connectivity index (χ4n) is 1.19. The second-order valence-corrected chi connectivity index (χ2v) is 2.80.